The molecule has 0 saturated carbocycles. The normalized spacial score (nSPS) is 21.8. The maximum Gasteiger partial charge on any atom is 0.236 e. The van der Waals surface area contributed by atoms with Crippen LogP contribution in [0.15, 0.2) is 24.3 Å². The summed E-state index contributed by atoms with van der Waals surface area (Å²) < 4.78 is 13.1. The lowest BCUT2D eigenvalue weighted by molar-refractivity contribution is -0.129. The first-order valence-corrected chi connectivity index (χ1v) is 8.56. The highest BCUT2D eigenvalue weighted by molar-refractivity contribution is 5.78. The smallest absolute Gasteiger partial charge is 0.236 e. The van der Waals surface area contributed by atoms with Gasteiger partial charge < -0.3 is 15.1 Å². The third-order valence-electron chi connectivity index (χ3n) is 4.88. The number of nitrogens with zero attached hydrogens (tertiary/aromatic N) is 3. The molecule has 0 unspecified atom stereocenters. The van der Waals surface area contributed by atoms with Gasteiger partial charge in [0.15, 0.2) is 0 Å². The molecule has 2 aliphatic heterocycles. The second kappa shape index (κ2) is 7.63. The van der Waals surface area contributed by atoms with Gasteiger partial charge in [0, 0.05) is 31.4 Å². The van der Waals surface area contributed by atoms with Crippen LogP contribution in [0.4, 0.5) is 10.1 Å². The van der Waals surface area contributed by atoms with E-state index in [-0.39, 0.29) is 12.5 Å². The Hall–Kier alpha value is -2.13. The van der Waals surface area contributed by atoms with E-state index in [9.17, 15) is 9.18 Å². The molecule has 0 bridgehead atoms. The first kappa shape index (κ1) is 16.7. The van der Waals surface area contributed by atoms with Crippen molar-refractivity contribution >= 4 is 11.6 Å². The number of amides is 1. The molecule has 1 atom stereocenters. The van der Waals surface area contributed by atoms with Crippen molar-refractivity contribution in [3.05, 3.63) is 29.8 Å². The second-order valence-corrected chi connectivity index (χ2v) is 6.53. The summed E-state index contributed by atoms with van der Waals surface area (Å²) in [6.07, 6.45) is 1.55. The van der Waals surface area contributed by atoms with Crippen LogP contribution in [0.2, 0.25) is 0 Å². The van der Waals surface area contributed by atoms with E-state index in [1.807, 2.05) is 24.3 Å². The molecule has 1 aromatic carbocycles. The van der Waals surface area contributed by atoms with Crippen LogP contribution in [0.3, 0.4) is 0 Å². The Morgan fingerprint density at radius 3 is 2.50 bits per heavy atom. The van der Waals surface area contributed by atoms with Gasteiger partial charge in [-0.05, 0) is 43.5 Å². The number of likely N-dealkylation sites (tertiary alicyclic amines) is 1. The lowest BCUT2D eigenvalue weighted by Gasteiger charge is -2.34. The Morgan fingerprint density at radius 1 is 1.21 bits per heavy atom. The Balaban J connectivity index is 1.42. The van der Waals surface area contributed by atoms with Gasteiger partial charge in [-0.1, -0.05) is 0 Å². The molecule has 128 valence electrons. The van der Waals surface area contributed by atoms with Gasteiger partial charge in [0.2, 0.25) is 5.91 Å². The Labute approximate surface area is 142 Å². The first-order valence-electron chi connectivity index (χ1n) is 8.56. The molecule has 1 amide bonds. The predicted molar refractivity (Wildman–Crippen MR) is 90.5 cm³/mol. The average Bonchev–Trinajstić information content (AvgIpc) is 3.07. The van der Waals surface area contributed by atoms with Gasteiger partial charge in [-0.25, -0.2) is 4.39 Å². The summed E-state index contributed by atoms with van der Waals surface area (Å²) in [5.74, 6) is 0.00433. The number of carbonyl (C=O) groups excluding carboxylic acids is 1. The average molecular weight is 330 g/mol. The number of piperidine rings is 1. The molecule has 0 aliphatic carbocycles. The van der Waals surface area contributed by atoms with Gasteiger partial charge in [-0.2, -0.15) is 5.26 Å². The molecule has 24 heavy (non-hydrogen) atoms. The highest BCUT2D eigenvalue weighted by atomic mass is 19.1. The number of benzene rings is 1. The third-order valence-corrected chi connectivity index (χ3v) is 4.88. The van der Waals surface area contributed by atoms with Crippen LogP contribution in [0, 0.1) is 11.3 Å². The zero-order chi connectivity index (χ0) is 16.9. The summed E-state index contributed by atoms with van der Waals surface area (Å²) in [6, 6.07) is 10.1. The molecule has 1 aromatic rings. The van der Waals surface area contributed by atoms with Crippen LogP contribution >= 0.6 is 0 Å². The second-order valence-electron chi connectivity index (χ2n) is 6.53. The maximum atomic E-state index is 13.1. The van der Waals surface area contributed by atoms with Crippen molar-refractivity contribution in [2.45, 2.75) is 31.5 Å². The first-order chi connectivity index (χ1) is 11.7. The summed E-state index contributed by atoms with van der Waals surface area (Å²) in [5.41, 5.74) is 1.81. The lowest BCUT2D eigenvalue weighted by Crippen LogP contribution is -2.46. The molecule has 2 fully saturated rings. The minimum absolute atomic E-state index is 0.00433. The zero-order valence-electron chi connectivity index (χ0n) is 13.7. The molecular weight excluding hydrogens is 307 g/mol. The van der Waals surface area contributed by atoms with Crippen LogP contribution in [0.5, 0.6) is 0 Å². The highest BCUT2D eigenvalue weighted by Gasteiger charge is 2.26. The molecule has 0 spiro atoms. The van der Waals surface area contributed by atoms with Crippen LogP contribution in [0.1, 0.15) is 24.8 Å². The molecular formula is C18H23FN4O. The van der Waals surface area contributed by atoms with E-state index in [1.54, 1.807) is 4.90 Å². The molecule has 5 nitrogen and oxygen atoms in total. The van der Waals surface area contributed by atoms with Crippen molar-refractivity contribution in [2.24, 2.45) is 0 Å². The van der Waals surface area contributed by atoms with Crippen LogP contribution in [0.25, 0.3) is 0 Å². The molecule has 0 aromatic heterocycles. The molecule has 0 radical (unpaired) electrons. The van der Waals surface area contributed by atoms with E-state index in [2.05, 4.69) is 16.3 Å². The van der Waals surface area contributed by atoms with E-state index in [0.717, 1.165) is 31.6 Å². The number of anilines is 1. The standard InChI is InChI=1S/C18H23FN4O/c19-15-5-8-23(13-15)18(24)12-21-16-6-9-22(10-7-16)17-3-1-14(11-20)2-4-17/h1-4,15-16,21H,5-10,12-13H2/t15-/m0/s1. The fourth-order valence-corrected chi connectivity index (χ4v) is 3.38. The number of hydrogen-bond acceptors (Lipinski definition) is 4. The SMILES string of the molecule is N#Cc1ccc(N2CCC(NCC(=O)N3CC[C@H](F)C3)CC2)cc1. The molecule has 2 aliphatic rings. The van der Waals surface area contributed by atoms with Crippen molar-refractivity contribution in [3.63, 3.8) is 0 Å². The Bertz CT molecular complexity index is 604. The maximum absolute atomic E-state index is 13.1. The quantitative estimate of drug-likeness (QED) is 0.913. The summed E-state index contributed by atoms with van der Waals surface area (Å²) in [7, 11) is 0. The van der Waals surface area contributed by atoms with Crippen molar-refractivity contribution in [1.82, 2.24) is 10.2 Å². The largest absolute Gasteiger partial charge is 0.371 e. The summed E-state index contributed by atoms with van der Waals surface area (Å²) in [6.45, 7) is 2.94. The minimum Gasteiger partial charge on any atom is -0.371 e. The number of rotatable bonds is 4. The van der Waals surface area contributed by atoms with E-state index >= 15 is 0 Å². The minimum atomic E-state index is -0.857. The lowest BCUT2D eigenvalue weighted by atomic mass is 10.0. The fraction of sp³-hybridized carbons (Fsp3) is 0.556. The van der Waals surface area contributed by atoms with Gasteiger partial charge in [0.1, 0.15) is 6.17 Å². The number of nitrogens with one attached hydrogen (secondary N) is 1. The van der Waals surface area contributed by atoms with Crippen molar-refractivity contribution in [2.75, 3.05) is 37.6 Å². The molecule has 2 saturated heterocycles. The topological polar surface area (TPSA) is 59.4 Å². The van der Waals surface area contributed by atoms with Crippen LogP contribution in [-0.4, -0.2) is 55.7 Å². The molecule has 2 heterocycles. The van der Waals surface area contributed by atoms with Gasteiger partial charge in [0.05, 0.1) is 24.7 Å². The highest BCUT2D eigenvalue weighted by Crippen LogP contribution is 2.20. The fourth-order valence-electron chi connectivity index (χ4n) is 3.38. The predicted octanol–water partition coefficient (Wildman–Crippen LogP) is 1.69. The summed E-state index contributed by atoms with van der Waals surface area (Å²) >= 11 is 0. The number of carbonyl (C=O) groups is 1. The molecule has 3 rings (SSSR count). The summed E-state index contributed by atoms with van der Waals surface area (Å²) in [4.78, 5) is 16.0. The van der Waals surface area contributed by atoms with Gasteiger partial charge in [-0.3, -0.25) is 4.79 Å². The molecule has 1 N–H and O–H groups in total. The van der Waals surface area contributed by atoms with Gasteiger partial charge in [0.25, 0.3) is 0 Å². The van der Waals surface area contributed by atoms with E-state index in [0.29, 0.717) is 31.1 Å². The van der Waals surface area contributed by atoms with E-state index in [1.165, 1.54) is 0 Å². The van der Waals surface area contributed by atoms with Gasteiger partial charge >= 0.3 is 0 Å². The summed E-state index contributed by atoms with van der Waals surface area (Å²) in [5, 5.41) is 12.2. The third kappa shape index (κ3) is 4.04. The monoisotopic (exact) mass is 330 g/mol. The van der Waals surface area contributed by atoms with Gasteiger partial charge in [-0.15, -0.1) is 0 Å². The number of halogens is 1. The Morgan fingerprint density at radius 2 is 1.92 bits per heavy atom. The van der Waals surface area contributed by atoms with E-state index in [4.69, 9.17) is 5.26 Å². The van der Waals surface area contributed by atoms with Crippen molar-refractivity contribution in [3.8, 4) is 6.07 Å². The molecule has 6 heteroatoms. The zero-order valence-corrected chi connectivity index (χ0v) is 13.7. The number of hydrogen-bond donors (Lipinski definition) is 1. The van der Waals surface area contributed by atoms with Crippen molar-refractivity contribution < 1.29 is 9.18 Å². The number of alkyl halides is 1. The van der Waals surface area contributed by atoms with E-state index < -0.39 is 6.17 Å². The van der Waals surface area contributed by atoms with Crippen LogP contribution < -0.4 is 10.2 Å². The van der Waals surface area contributed by atoms with Crippen LogP contribution in [-0.2, 0) is 4.79 Å². The Kier molecular flexibility index (Phi) is 5.31. The number of nitriles is 1. The van der Waals surface area contributed by atoms with Crippen molar-refractivity contribution in [1.29, 1.82) is 5.26 Å².